The standard InChI is InChI=1S/C16H22N2O4/c1-11(2)9-17-15(20)10-18(12(3)19)14-7-5-6-13(8-14)16(21)22-4/h5-8,11H,9-10H2,1-4H3,(H,17,20). The third kappa shape index (κ3) is 5.20. The van der Waals surface area contributed by atoms with Gasteiger partial charge in [0.05, 0.1) is 12.7 Å². The lowest BCUT2D eigenvalue weighted by Gasteiger charge is -2.21. The average molecular weight is 306 g/mol. The lowest BCUT2D eigenvalue weighted by atomic mass is 10.2. The van der Waals surface area contributed by atoms with Gasteiger partial charge in [0.15, 0.2) is 0 Å². The zero-order valence-corrected chi connectivity index (χ0v) is 13.4. The maximum Gasteiger partial charge on any atom is 0.337 e. The van der Waals surface area contributed by atoms with Gasteiger partial charge >= 0.3 is 5.97 Å². The zero-order chi connectivity index (χ0) is 16.7. The first-order chi connectivity index (χ1) is 10.3. The number of ether oxygens (including phenoxy) is 1. The largest absolute Gasteiger partial charge is 0.465 e. The molecule has 1 aromatic rings. The van der Waals surface area contributed by atoms with Crippen LogP contribution in [-0.2, 0) is 14.3 Å². The number of anilines is 1. The molecule has 0 radical (unpaired) electrons. The van der Waals surface area contributed by atoms with Crippen LogP contribution in [0.3, 0.4) is 0 Å². The van der Waals surface area contributed by atoms with E-state index in [1.807, 2.05) is 13.8 Å². The SMILES string of the molecule is COC(=O)c1cccc(N(CC(=O)NCC(C)C)C(C)=O)c1. The number of nitrogens with zero attached hydrogens (tertiary/aromatic N) is 1. The molecule has 0 aliphatic rings. The number of amides is 2. The summed E-state index contributed by atoms with van der Waals surface area (Å²) < 4.78 is 4.66. The fraction of sp³-hybridized carbons (Fsp3) is 0.438. The van der Waals surface area contributed by atoms with E-state index in [1.165, 1.54) is 25.0 Å². The Morgan fingerprint density at radius 1 is 1.27 bits per heavy atom. The van der Waals surface area contributed by atoms with Crippen molar-refractivity contribution in [2.45, 2.75) is 20.8 Å². The van der Waals surface area contributed by atoms with Crippen LogP contribution in [0.1, 0.15) is 31.1 Å². The number of methoxy groups -OCH3 is 1. The highest BCUT2D eigenvalue weighted by Gasteiger charge is 2.17. The van der Waals surface area contributed by atoms with Crippen LogP contribution in [-0.4, -0.2) is 38.0 Å². The summed E-state index contributed by atoms with van der Waals surface area (Å²) in [6, 6.07) is 6.43. The summed E-state index contributed by atoms with van der Waals surface area (Å²) in [6.45, 7) is 5.81. The number of carbonyl (C=O) groups is 3. The second-order valence-corrected chi connectivity index (χ2v) is 5.34. The minimum Gasteiger partial charge on any atom is -0.465 e. The van der Waals surface area contributed by atoms with Gasteiger partial charge in [-0.2, -0.15) is 0 Å². The minimum absolute atomic E-state index is 0.0906. The lowest BCUT2D eigenvalue weighted by Crippen LogP contribution is -2.41. The fourth-order valence-corrected chi connectivity index (χ4v) is 1.82. The van der Waals surface area contributed by atoms with Crippen molar-refractivity contribution in [3.63, 3.8) is 0 Å². The maximum absolute atomic E-state index is 11.9. The summed E-state index contributed by atoms with van der Waals surface area (Å²) in [5, 5.41) is 2.76. The lowest BCUT2D eigenvalue weighted by molar-refractivity contribution is -0.123. The van der Waals surface area contributed by atoms with E-state index in [2.05, 4.69) is 10.1 Å². The maximum atomic E-state index is 11.9. The molecule has 1 aromatic carbocycles. The Labute approximate surface area is 130 Å². The van der Waals surface area contributed by atoms with E-state index in [4.69, 9.17) is 0 Å². The predicted molar refractivity (Wildman–Crippen MR) is 83.7 cm³/mol. The van der Waals surface area contributed by atoms with E-state index in [0.29, 0.717) is 23.7 Å². The van der Waals surface area contributed by atoms with E-state index >= 15 is 0 Å². The van der Waals surface area contributed by atoms with Crippen LogP contribution in [0.25, 0.3) is 0 Å². The molecule has 1 rings (SSSR count). The molecule has 0 saturated carbocycles. The van der Waals surface area contributed by atoms with Crippen LogP contribution in [0.5, 0.6) is 0 Å². The van der Waals surface area contributed by atoms with Crippen molar-refractivity contribution in [2.75, 3.05) is 25.1 Å². The smallest absolute Gasteiger partial charge is 0.337 e. The molecule has 0 fully saturated rings. The molecule has 0 aliphatic heterocycles. The Kier molecular flexibility index (Phi) is 6.56. The summed E-state index contributed by atoms with van der Waals surface area (Å²) in [6.07, 6.45) is 0. The quantitative estimate of drug-likeness (QED) is 0.810. The van der Waals surface area contributed by atoms with E-state index in [1.54, 1.807) is 18.2 Å². The highest BCUT2D eigenvalue weighted by Crippen LogP contribution is 2.17. The molecule has 1 N–H and O–H groups in total. The van der Waals surface area contributed by atoms with Gasteiger partial charge in [0.25, 0.3) is 0 Å². The molecule has 6 heteroatoms. The molecule has 0 unspecified atom stereocenters. The number of nitrogens with one attached hydrogen (secondary N) is 1. The monoisotopic (exact) mass is 306 g/mol. The molecule has 2 amide bonds. The molecule has 0 bridgehead atoms. The van der Waals surface area contributed by atoms with E-state index < -0.39 is 5.97 Å². The number of benzene rings is 1. The number of esters is 1. The Bertz CT molecular complexity index is 555. The van der Waals surface area contributed by atoms with Crippen LogP contribution in [0, 0.1) is 5.92 Å². The predicted octanol–water partition coefficient (Wildman–Crippen LogP) is 1.60. The van der Waals surface area contributed by atoms with Crippen molar-refractivity contribution >= 4 is 23.5 Å². The first-order valence-corrected chi connectivity index (χ1v) is 7.08. The second-order valence-electron chi connectivity index (χ2n) is 5.34. The van der Waals surface area contributed by atoms with Gasteiger partial charge < -0.3 is 15.0 Å². The Hall–Kier alpha value is -2.37. The summed E-state index contributed by atoms with van der Waals surface area (Å²) in [5.74, 6) is -0.680. The molecular weight excluding hydrogens is 284 g/mol. The topological polar surface area (TPSA) is 75.7 Å². The van der Waals surface area contributed by atoms with Gasteiger partial charge in [-0.3, -0.25) is 9.59 Å². The number of hydrogen-bond donors (Lipinski definition) is 1. The summed E-state index contributed by atoms with van der Waals surface area (Å²) in [5.41, 5.74) is 0.809. The Morgan fingerprint density at radius 3 is 2.50 bits per heavy atom. The van der Waals surface area contributed by atoms with Gasteiger partial charge in [0.1, 0.15) is 6.54 Å². The van der Waals surface area contributed by atoms with Crippen LogP contribution < -0.4 is 10.2 Å². The van der Waals surface area contributed by atoms with Gasteiger partial charge in [0.2, 0.25) is 11.8 Å². The van der Waals surface area contributed by atoms with Gasteiger partial charge in [0, 0.05) is 19.2 Å². The van der Waals surface area contributed by atoms with Crippen molar-refractivity contribution < 1.29 is 19.1 Å². The number of hydrogen-bond acceptors (Lipinski definition) is 4. The van der Waals surface area contributed by atoms with Crippen LogP contribution >= 0.6 is 0 Å². The molecule has 0 heterocycles. The highest BCUT2D eigenvalue weighted by atomic mass is 16.5. The molecule has 22 heavy (non-hydrogen) atoms. The van der Waals surface area contributed by atoms with Crippen molar-refractivity contribution in [3.8, 4) is 0 Å². The normalized spacial score (nSPS) is 10.2. The molecule has 120 valence electrons. The van der Waals surface area contributed by atoms with Crippen LogP contribution in [0.4, 0.5) is 5.69 Å². The van der Waals surface area contributed by atoms with Gasteiger partial charge in [-0.05, 0) is 24.1 Å². The fourth-order valence-electron chi connectivity index (χ4n) is 1.82. The molecule has 0 atom stereocenters. The van der Waals surface area contributed by atoms with Crippen LogP contribution in [0.2, 0.25) is 0 Å². The van der Waals surface area contributed by atoms with Crippen molar-refractivity contribution in [2.24, 2.45) is 5.92 Å². The van der Waals surface area contributed by atoms with Crippen molar-refractivity contribution in [3.05, 3.63) is 29.8 Å². The Balaban J connectivity index is 2.89. The Morgan fingerprint density at radius 2 is 1.95 bits per heavy atom. The van der Waals surface area contributed by atoms with Crippen LogP contribution in [0.15, 0.2) is 24.3 Å². The summed E-state index contributed by atoms with van der Waals surface area (Å²) in [7, 11) is 1.29. The summed E-state index contributed by atoms with van der Waals surface area (Å²) in [4.78, 5) is 36.6. The van der Waals surface area contributed by atoms with Crippen molar-refractivity contribution in [1.29, 1.82) is 0 Å². The number of rotatable bonds is 6. The van der Waals surface area contributed by atoms with Gasteiger partial charge in [-0.1, -0.05) is 19.9 Å². The summed E-state index contributed by atoms with van der Waals surface area (Å²) >= 11 is 0. The van der Waals surface area contributed by atoms with E-state index in [9.17, 15) is 14.4 Å². The molecular formula is C16H22N2O4. The van der Waals surface area contributed by atoms with E-state index in [0.717, 1.165) is 0 Å². The van der Waals surface area contributed by atoms with Crippen molar-refractivity contribution in [1.82, 2.24) is 5.32 Å². The zero-order valence-electron chi connectivity index (χ0n) is 13.4. The van der Waals surface area contributed by atoms with Gasteiger partial charge in [-0.15, -0.1) is 0 Å². The molecule has 6 nitrogen and oxygen atoms in total. The molecule has 0 saturated heterocycles. The van der Waals surface area contributed by atoms with E-state index in [-0.39, 0.29) is 18.4 Å². The molecule has 0 aliphatic carbocycles. The highest BCUT2D eigenvalue weighted by molar-refractivity contribution is 5.99. The molecule has 0 spiro atoms. The first-order valence-electron chi connectivity index (χ1n) is 7.08. The minimum atomic E-state index is -0.491. The number of carbonyl (C=O) groups excluding carboxylic acids is 3. The molecule has 0 aromatic heterocycles. The first kappa shape index (κ1) is 17.7. The van der Waals surface area contributed by atoms with Gasteiger partial charge in [-0.25, -0.2) is 4.79 Å². The third-order valence-electron chi connectivity index (χ3n) is 2.97. The third-order valence-corrected chi connectivity index (χ3v) is 2.97. The average Bonchev–Trinajstić information content (AvgIpc) is 2.49. The second kappa shape index (κ2) is 8.17.